The molecule has 0 bridgehead atoms. The van der Waals surface area contributed by atoms with Gasteiger partial charge in [-0.25, -0.2) is 0 Å². The fraction of sp³-hybridized carbons (Fsp3) is 0.200. The van der Waals surface area contributed by atoms with Gasteiger partial charge in [-0.3, -0.25) is 9.59 Å². The van der Waals surface area contributed by atoms with Gasteiger partial charge in [0.15, 0.2) is 0 Å². The van der Waals surface area contributed by atoms with Crippen LogP contribution in [0.25, 0.3) is 0 Å². The normalized spacial score (nSPS) is 11.6. The van der Waals surface area contributed by atoms with E-state index in [1.807, 2.05) is 54.6 Å². The van der Waals surface area contributed by atoms with Gasteiger partial charge in [0.05, 0.1) is 0 Å². The molecule has 0 aromatic heterocycles. The van der Waals surface area contributed by atoms with E-state index in [1.54, 1.807) is 36.1 Å². The first kappa shape index (κ1) is 22.9. The molecule has 0 fully saturated rings. The summed E-state index contributed by atoms with van der Waals surface area (Å²) in [7, 11) is 0. The summed E-state index contributed by atoms with van der Waals surface area (Å²) in [5.74, 6) is -0.345. The van der Waals surface area contributed by atoms with Crippen LogP contribution < -0.4 is 5.32 Å². The molecular formula is C25H24Cl2N2O2. The highest BCUT2D eigenvalue weighted by atomic mass is 35.5. The molecule has 1 unspecified atom stereocenters. The lowest BCUT2D eigenvalue weighted by Crippen LogP contribution is -2.43. The molecule has 0 heterocycles. The summed E-state index contributed by atoms with van der Waals surface area (Å²) < 4.78 is 0. The molecule has 0 spiro atoms. The van der Waals surface area contributed by atoms with E-state index in [1.165, 1.54) is 0 Å². The summed E-state index contributed by atoms with van der Waals surface area (Å²) in [6.07, 6.45) is 0.293. The van der Waals surface area contributed by atoms with Crippen molar-refractivity contribution >= 4 is 35.0 Å². The van der Waals surface area contributed by atoms with Gasteiger partial charge in [0.2, 0.25) is 11.8 Å². The van der Waals surface area contributed by atoms with E-state index in [0.717, 1.165) is 16.7 Å². The third-order valence-corrected chi connectivity index (χ3v) is 5.45. The first-order chi connectivity index (χ1) is 15.0. The summed E-state index contributed by atoms with van der Waals surface area (Å²) in [5.41, 5.74) is 2.58. The Morgan fingerprint density at radius 1 is 0.839 bits per heavy atom. The van der Waals surface area contributed by atoms with Gasteiger partial charge >= 0.3 is 0 Å². The fourth-order valence-corrected chi connectivity index (χ4v) is 3.56. The highest BCUT2D eigenvalue weighted by Crippen LogP contribution is 2.25. The Labute approximate surface area is 192 Å². The topological polar surface area (TPSA) is 49.4 Å². The predicted octanol–water partition coefficient (Wildman–Crippen LogP) is 5.79. The van der Waals surface area contributed by atoms with Crippen LogP contribution in [0.2, 0.25) is 10.0 Å². The van der Waals surface area contributed by atoms with Crippen molar-refractivity contribution in [1.82, 2.24) is 10.2 Å². The summed E-state index contributed by atoms with van der Waals surface area (Å²) in [4.78, 5) is 27.9. The Morgan fingerprint density at radius 3 is 1.94 bits per heavy atom. The Bertz CT molecular complexity index is 1010. The third kappa shape index (κ3) is 6.33. The van der Waals surface area contributed by atoms with Gasteiger partial charge in [-0.05, 0) is 41.0 Å². The van der Waals surface area contributed by atoms with Crippen molar-refractivity contribution in [3.8, 4) is 0 Å². The molecule has 3 aromatic rings. The molecule has 0 saturated heterocycles. The lowest BCUT2D eigenvalue weighted by Gasteiger charge is -2.31. The van der Waals surface area contributed by atoms with Crippen LogP contribution in [0.5, 0.6) is 0 Å². The standard InChI is InChI=1S/C25H24Cl2N2O2/c1-2-23(30)29(17-19-10-14-22(27)15-11-19)24(20-6-4-3-5-7-20)25(31)28-16-18-8-12-21(26)13-9-18/h3-15,24H,2,16-17H2,1H3,(H,28,31). The van der Waals surface area contributed by atoms with E-state index in [-0.39, 0.29) is 11.8 Å². The molecule has 0 aliphatic rings. The molecule has 1 atom stereocenters. The van der Waals surface area contributed by atoms with Gasteiger partial charge in [-0.2, -0.15) is 0 Å². The smallest absolute Gasteiger partial charge is 0.247 e. The van der Waals surface area contributed by atoms with Crippen molar-refractivity contribution in [2.24, 2.45) is 0 Å². The zero-order valence-corrected chi connectivity index (χ0v) is 18.7. The lowest BCUT2D eigenvalue weighted by molar-refractivity contribution is -0.141. The number of hydrogen-bond donors (Lipinski definition) is 1. The van der Waals surface area contributed by atoms with Crippen molar-refractivity contribution in [3.05, 3.63) is 106 Å². The molecule has 2 amide bonds. The minimum atomic E-state index is -0.753. The zero-order valence-electron chi connectivity index (χ0n) is 17.2. The molecule has 0 aliphatic heterocycles. The molecule has 160 valence electrons. The van der Waals surface area contributed by atoms with E-state index >= 15 is 0 Å². The molecule has 0 radical (unpaired) electrons. The van der Waals surface area contributed by atoms with Crippen molar-refractivity contribution in [1.29, 1.82) is 0 Å². The first-order valence-corrected chi connectivity index (χ1v) is 10.8. The average molecular weight is 455 g/mol. The van der Waals surface area contributed by atoms with E-state index in [4.69, 9.17) is 23.2 Å². The summed E-state index contributed by atoms with van der Waals surface area (Å²) in [6, 6.07) is 23.2. The van der Waals surface area contributed by atoms with Crippen molar-refractivity contribution < 1.29 is 9.59 Å². The second kappa shape index (κ2) is 11.0. The molecule has 6 heteroatoms. The van der Waals surface area contributed by atoms with Crippen molar-refractivity contribution in [2.75, 3.05) is 0 Å². The Kier molecular flexibility index (Phi) is 8.10. The van der Waals surface area contributed by atoms with Crippen LogP contribution in [0.4, 0.5) is 0 Å². The maximum absolute atomic E-state index is 13.3. The Balaban J connectivity index is 1.88. The maximum atomic E-state index is 13.3. The number of rotatable bonds is 8. The number of halogens is 2. The van der Waals surface area contributed by atoms with Gasteiger partial charge in [0.25, 0.3) is 0 Å². The molecule has 31 heavy (non-hydrogen) atoms. The van der Waals surface area contributed by atoms with Crippen molar-refractivity contribution in [2.45, 2.75) is 32.5 Å². The number of hydrogen-bond acceptors (Lipinski definition) is 2. The summed E-state index contributed by atoms with van der Waals surface area (Å²) in [6.45, 7) is 2.44. The van der Waals surface area contributed by atoms with Crippen LogP contribution in [-0.2, 0) is 22.7 Å². The molecule has 0 aliphatic carbocycles. The number of nitrogens with one attached hydrogen (secondary N) is 1. The van der Waals surface area contributed by atoms with Crippen LogP contribution in [0.3, 0.4) is 0 Å². The zero-order chi connectivity index (χ0) is 22.2. The largest absolute Gasteiger partial charge is 0.350 e. The van der Waals surface area contributed by atoms with Crippen LogP contribution in [0, 0.1) is 0 Å². The number of nitrogens with zero attached hydrogens (tertiary/aromatic N) is 1. The third-order valence-electron chi connectivity index (χ3n) is 4.94. The maximum Gasteiger partial charge on any atom is 0.247 e. The van der Waals surface area contributed by atoms with Gasteiger partial charge < -0.3 is 10.2 Å². The quantitative estimate of drug-likeness (QED) is 0.468. The lowest BCUT2D eigenvalue weighted by atomic mass is 10.0. The molecule has 0 saturated carbocycles. The summed E-state index contributed by atoms with van der Waals surface area (Å²) in [5, 5.41) is 4.24. The monoisotopic (exact) mass is 454 g/mol. The van der Waals surface area contributed by atoms with E-state index in [2.05, 4.69) is 5.32 Å². The Hall–Kier alpha value is -2.82. The average Bonchev–Trinajstić information content (AvgIpc) is 2.79. The SMILES string of the molecule is CCC(=O)N(Cc1ccc(Cl)cc1)C(C(=O)NCc1ccc(Cl)cc1)c1ccccc1. The second-order valence-corrected chi connectivity index (χ2v) is 8.03. The molecule has 4 nitrogen and oxygen atoms in total. The first-order valence-electron chi connectivity index (χ1n) is 10.1. The molecule has 1 N–H and O–H groups in total. The fourth-order valence-electron chi connectivity index (χ4n) is 3.31. The van der Waals surface area contributed by atoms with Gasteiger partial charge in [-0.1, -0.05) is 84.7 Å². The van der Waals surface area contributed by atoms with E-state index < -0.39 is 6.04 Å². The summed E-state index contributed by atoms with van der Waals surface area (Å²) >= 11 is 11.9. The van der Waals surface area contributed by atoms with Gasteiger partial charge in [-0.15, -0.1) is 0 Å². The Morgan fingerprint density at radius 2 is 1.39 bits per heavy atom. The minimum Gasteiger partial charge on any atom is -0.350 e. The highest BCUT2D eigenvalue weighted by Gasteiger charge is 2.30. The van der Waals surface area contributed by atoms with Crippen LogP contribution >= 0.6 is 23.2 Å². The van der Waals surface area contributed by atoms with Crippen molar-refractivity contribution in [3.63, 3.8) is 0 Å². The predicted molar refractivity (Wildman–Crippen MR) is 125 cm³/mol. The second-order valence-electron chi connectivity index (χ2n) is 7.16. The number of amides is 2. The van der Waals surface area contributed by atoms with Gasteiger partial charge in [0.1, 0.15) is 6.04 Å². The van der Waals surface area contributed by atoms with Crippen LogP contribution in [0.15, 0.2) is 78.9 Å². The number of benzene rings is 3. The van der Waals surface area contributed by atoms with E-state index in [9.17, 15) is 9.59 Å². The minimum absolute atomic E-state index is 0.106. The molecule has 3 rings (SSSR count). The van der Waals surface area contributed by atoms with Crippen LogP contribution in [-0.4, -0.2) is 16.7 Å². The van der Waals surface area contributed by atoms with E-state index in [0.29, 0.717) is 29.6 Å². The highest BCUT2D eigenvalue weighted by molar-refractivity contribution is 6.30. The molecular weight excluding hydrogens is 431 g/mol. The molecule has 3 aromatic carbocycles. The number of carbonyl (C=O) groups is 2. The van der Waals surface area contributed by atoms with Crippen LogP contribution in [0.1, 0.15) is 36.1 Å². The van der Waals surface area contributed by atoms with Gasteiger partial charge in [0, 0.05) is 29.6 Å². The number of carbonyl (C=O) groups excluding carboxylic acids is 2.